The van der Waals surface area contributed by atoms with E-state index in [1.54, 1.807) is 0 Å². The fourth-order valence-corrected chi connectivity index (χ4v) is 1.93. The van der Waals surface area contributed by atoms with E-state index in [-0.39, 0.29) is 12.6 Å². The highest BCUT2D eigenvalue weighted by Crippen LogP contribution is 2.24. The number of aliphatic hydroxyl groups is 1. The molecule has 0 aliphatic carbocycles. The number of nitrogen functional groups attached to an aromatic ring is 1. The Morgan fingerprint density at radius 2 is 2.05 bits per heavy atom. The second-order valence-electron chi connectivity index (χ2n) is 5.15. The number of hydrogen-bond acceptors (Lipinski definition) is 4. The summed E-state index contributed by atoms with van der Waals surface area (Å²) in [6.07, 6.45) is 1.69. The topological polar surface area (TPSA) is 67.5 Å². The molecule has 1 aromatic carbocycles. The van der Waals surface area contributed by atoms with Crippen molar-refractivity contribution < 1.29 is 9.84 Å². The van der Waals surface area contributed by atoms with Crippen molar-refractivity contribution in [3.05, 3.63) is 18.2 Å². The van der Waals surface area contributed by atoms with Gasteiger partial charge in [-0.3, -0.25) is 0 Å². The molecule has 0 fully saturated rings. The van der Waals surface area contributed by atoms with Crippen molar-refractivity contribution in [3.8, 4) is 5.75 Å². The molecule has 4 N–H and O–H groups in total. The highest BCUT2D eigenvalue weighted by atomic mass is 16.5. The summed E-state index contributed by atoms with van der Waals surface area (Å²) in [6, 6.07) is 5.91. The van der Waals surface area contributed by atoms with Gasteiger partial charge in [0.1, 0.15) is 5.75 Å². The summed E-state index contributed by atoms with van der Waals surface area (Å²) in [5, 5.41) is 12.5. The molecule has 0 amide bonds. The fourth-order valence-electron chi connectivity index (χ4n) is 1.93. The van der Waals surface area contributed by atoms with Crippen molar-refractivity contribution in [1.29, 1.82) is 0 Å². The summed E-state index contributed by atoms with van der Waals surface area (Å²) >= 11 is 0. The highest BCUT2D eigenvalue weighted by Gasteiger charge is 2.13. The third kappa shape index (κ3) is 5.39. The lowest BCUT2D eigenvalue weighted by atomic mass is 10.0. The number of ether oxygens (including phenoxy) is 1. The largest absolute Gasteiger partial charge is 0.493 e. The van der Waals surface area contributed by atoms with Crippen LogP contribution in [0.3, 0.4) is 0 Å². The summed E-state index contributed by atoms with van der Waals surface area (Å²) in [7, 11) is 0. The quantitative estimate of drug-likeness (QED) is 0.633. The van der Waals surface area contributed by atoms with E-state index in [4.69, 9.17) is 15.6 Å². The average molecular weight is 266 g/mol. The third-order valence-corrected chi connectivity index (χ3v) is 3.00. The van der Waals surface area contributed by atoms with Gasteiger partial charge in [0.15, 0.2) is 0 Å². The van der Waals surface area contributed by atoms with Crippen molar-refractivity contribution in [1.82, 2.24) is 0 Å². The van der Waals surface area contributed by atoms with Gasteiger partial charge in [-0.1, -0.05) is 20.8 Å². The number of nitrogens with two attached hydrogens (primary N) is 1. The maximum absolute atomic E-state index is 9.10. The van der Waals surface area contributed by atoms with E-state index in [0.29, 0.717) is 18.2 Å². The molecule has 4 heteroatoms. The second-order valence-corrected chi connectivity index (χ2v) is 5.15. The minimum atomic E-state index is 0.178. The first kappa shape index (κ1) is 15.6. The first-order chi connectivity index (χ1) is 9.06. The molecule has 0 saturated heterocycles. The minimum Gasteiger partial charge on any atom is -0.493 e. The molecule has 0 saturated carbocycles. The Balaban J connectivity index is 2.78. The van der Waals surface area contributed by atoms with Gasteiger partial charge < -0.3 is 20.9 Å². The number of aliphatic hydroxyl groups excluding tert-OH is 1. The van der Waals surface area contributed by atoms with E-state index >= 15 is 0 Å². The van der Waals surface area contributed by atoms with Crippen LogP contribution in [0.2, 0.25) is 0 Å². The Morgan fingerprint density at radius 3 is 2.63 bits per heavy atom. The monoisotopic (exact) mass is 266 g/mol. The standard InChI is InChI=1S/C15H26N2O2/c1-4-7-19-14-9-12(16)8-13(10-14)17-15(5-6-18)11(2)3/h8-11,15,17-18H,4-7,16H2,1-3H3. The molecule has 1 rings (SSSR count). The van der Waals surface area contributed by atoms with Crippen LogP contribution in [-0.4, -0.2) is 24.4 Å². The fraction of sp³-hybridized carbons (Fsp3) is 0.600. The number of benzene rings is 1. The number of anilines is 2. The highest BCUT2D eigenvalue weighted by molar-refractivity contribution is 5.59. The summed E-state index contributed by atoms with van der Waals surface area (Å²) < 4.78 is 5.61. The van der Waals surface area contributed by atoms with Gasteiger partial charge >= 0.3 is 0 Å². The van der Waals surface area contributed by atoms with Crippen molar-refractivity contribution >= 4 is 11.4 Å². The molecular formula is C15H26N2O2. The normalized spacial score (nSPS) is 12.5. The molecule has 0 aromatic heterocycles. The molecule has 4 nitrogen and oxygen atoms in total. The Kier molecular flexibility index (Phi) is 6.50. The van der Waals surface area contributed by atoms with Crippen LogP contribution < -0.4 is 15.8 Å². The van der Waals surface area contributed by atoms with Crippen molar-refractivity contribution in [2.24, 2.45) is 5.92 Å². The van der Waals surface area contributed by atoms with Crippen LogP contribution in [0, 0.1) is 5.92 Å². The van der Waals surface area contributed by atoms with Gasteiger partial charge in [0.25, 0.3) is 0 Å². The molecule has 19 heavy (non-hydrogen) atoms. The average Bonchev–Trinajstić information content (AvgIpc) is 2.35. The van der Waals surface area contributed by atoms with Gasteiger partial charge in [-0.25, -0.2) is 0 Å². The van der Waals surface area contributed by atoms with Crippen molar-refractivity contribution in [2.45, 2.75) is 39.7 Å². The Bertz CT molecular complexity index is 380. The van der Waals surface area contributed by atoms with Crippen LogP contribution in [0.1, 0.15) is 33.6 Å². The molecule has 0 bridgehead atoms. The molecule has 0 aliphatic rings. The van der Waals surface area contributed by atoms with Crippen LogP contribution >= 0.6 is 0 Å². The third-order valence-electron chi connectivity index (χ3n) is 3.00. The summed E-state index contributed by atoms with van der Waals surface area (Å²) in [5.41, 5.74) is 7.51. The zero-order valence-electron chi connectivity index (χ0n) is 12.1. The lowest BCUT2D eigenvalue weighted by Crippen LogP contribution is -2.26. The minimum absolute atomic E-state index is 0.178. The van der Waals surface area contributed by atoms with Crippen molar-refractivity contribution in [2.75, 3.05) is 24.3 Å². The predicted octanol–water partition coefficient (Wildman–Crippen LogP) is 2.88. The van der Waals surface area contributed by atoms with Crippen LogP contribution in [0.4, 0.5) is 11.4 Å². The SMILES string of the molecule is CCCOc1cc(N)cc(NC(CCO)C(C)C)c1. The molecular weight excluding hydrogens is 240 g/mol. The summed E-state index contributed by atoms with van der Waals surface area (Å²) in [5.74, 6) is 1.23. The van der Waals surface area contributed by atoms with Gasteiger partial charge in [0.05, 0.1) is 6.61 Å². The molecule has 108 valence electrons. The van der Waals surface area contributed by atoms with Gasteiger partial charge in [-0.15, -0.1) is 0 Å². The number of rotatable bonds is 8. The Hall–Kier alpha value is -1.42. The molecule has 0 aliphatic heterocycles. The zero-order chi connectivity index (χ0) is 14.3. The van der Waals surface area contributed by atoms with Crippen LogP contribution in [0.25, 0.3) is 0 Å². The first-order valence-corrected chi connectivity index (χ1v) is 6.97. The van der Waals surface area contributed by atoms with Crippen molar-refractivity contribution in [3.63, 3.8) is 0 Å². The van der Waals surface area contributed by atoms with Gasteiger partial charge in [-0.05, 0) is 24.8 Å². The number of nitrogens with one attached hydrogen (secondary N) is 1. The van der Waals surface area contributed by atoms with E-state index in [9.17, 15) is 0 Å². The predicted molar refractivity (Wildman–Crippen MR) is 80.6 cm³/mol. The first-order valence-electron chi connectivity index (χ1n) is 6.97. The molecule has 1 atom stereocenters. The lowest BCUT2D eigenvalue weighted by molar-refractivity contribution is 0.267. The molecule has 0 spiro atoms. The van der Waals surface area contributed by atoms with E-state index < -0.39 is 0 Å². The maximum Gasteiger partial charge on any atom is 0.123 e. The van der Waals surface area contributed by atoms with E-state index in [0.717, 1.165) is 24.3 Å². The molecule has 1 aromatic rings. The zero-order valence-corrected chi connectivity index (χ0v) is 12.1. The number of hydrogen-bond donors (Lipinski definition) is 3. The second kappa shape index (κ2) is 7.89. The molecule has 0 heterocycles. The van der Waals surface area contributed by atoms with E-state index in [1.165, 1.54) is 0 Å². The van der Waals surface area contributed by atoms with Gasteiger partial charge in [0.2, 0.25) is 0 Å². The summed E-state index contributed by atoms with van der Waals surface area (Å²) in [6.45, 7) is 7.20. The Labute approximate surface area is 116 Å². The van der Waals surface area contributed by atoms with Gasteiger partial charge in [0, 0.05) is 36.2 Å². The van der Waals surface area contributed by atoms with Crippen LogP contribution in [0.5, 0.6) is 5.75 Å². The Morgan fingerprint density at radius 1 is 1.32 bits per heavy atom. The van der Waals surface area contributed by atoms with Gasteiger partial charge in [-0.2, -0.15) is 0 Å². The molecule has 0 radical (unpaired) electrons. The lowest BCUT2D eigenvalue weighted by Gasteiger charge is -2.23. The van der Waals surface area contributed by atoms with E-state index in [2.05, 4.69) is 26.1 Å². The smallest absolute Gasteiger partial charge is 0.123 e. The molecule has 1 unspecified atom stereocenters. The van der Waals surface area contributed by atoms with E-state index in [1.807, 2.05) is 18.2 Å². The maximum atomic E-state index is 9.10. The summed E-state index contributed by atoms with van der Waals surface area (Å²) in [4.78, 5) is 0. The van der Waals surface area contributed by atoms with Crippen LogP contribution in [-0.2, 0) is 0 Å². The van der Waals surface area contributed by atoms with Crippen LogP contribution in [0.15, 0.2) is 18.2 Å².